The monoisotopic (exact) mass is 285 g/mol. The summed E-state index contributed by atoms with van der Waals surface area (Å²) in [6, 6.07) is 8.85. The van der Waals surface area contributed by atoms with Crippen LogP contribution < -0.4 is 10.5 Å². The molecule has 1 aromatic carbocycles. The predicted octanol–water partition coefficient (Wildman–Crippen LogP) is 2.33. The smallest absolute Gasteiger partial charge is 0.254 e. The van der Waals surface area contributed by atoms with Crippen molar-refractivity contribution >= 4 is 11.6 Å². The summed E-state index contributed by atoms with van der Waals surface area (Å²) in [5, 5.41) is 0. The molecule has 0 unspecified atom stereocenters. The number of amides is 1. The fraction of sp³-hybridized carbons (Fsp3) is 0.250. The normalized spacial score (nSPS) is 10.2. The lowest BCUT2D eigenvalue weighted by Crippen LogP contribution is -2.26. The molecule has 1 amide bonds. The lowest BCUT2D eigenvalue weighted by atomic mass is 10.1. The van der Waals surface area contributed by atoms with Crippen molar-refractivity contribution in [2.24, 2.45) is 0 Å². The molecule has 0 fully saturated rings. The molecule has 0 bridgehead atoms. The van der Waals surface area contributed by atoms with Crippen molar-refractivity contribution in [1.29, 1.82) is 0 Å². The van der Waals surface area contributed by atoms with E-state index in [1.54, 1.807) is 42.5 Å². The quantitative estimate of drug-likeness (QED) is 0.856. The number of nitrogen functional groups attached to an aromatic ring is 1. The van der Waals surface area contributed by atoms with Gasteiger partial charge >= 0.3 is 0 Å². The van der Waals surface area contributed by atoms with Gasteiger partial charge < -0.3 is 15.4 Å². The SMILES string of the molecule is CCOc1cc(N)cc(C(=O)N(C)Cc2ccncc2)c1. The highest BCUT2D eigenvalue weighted by atomic mass is 16.5. The highest BCUT2D eigenvalue weighted by molar-refractivity contribution is 5.95. The van der Waals surface area contributed by atoms with Crippen LogP contribution in [0.25, 0.3) is 0 Å². The predicted molar refractivity (Wildman–Crippen MR) is 82.1 cm³/mol. The number of nitrogens with two attached hydrogens (primary N) is 1. The molecule has 0 atom stereocenters. The number of carbonyl (C=O) groups excluding carboxylic acids is 1. The van der Waals surface area contributed by atoms with E-state index in [2.05, 4.69) is 4.98 Å². The molecule has 1 heterocycles. The topological polar surface area (TPSA) is 68.5 Å². The van der Waals surface area contributed by atoms with Gasteiger partial charge in [-0.2, -0.15) is 0 Å². The van der Waals surface area contributed by atoms with Gasteiger partial charge in [0.25, 0.3) is 5.91 Å². The number of benzene rings is 1. The Morgan fingerprint density at radius 3 is 2.67 bits per heavy atom. The Labute approximate surface area is 124 Å². The third kappa shape index (κ3) is 3.95. The first-order valence-corrected chi connectivity index (χ1v) is 6.78. The van der Waals surface area contributed by atoms with Crippen LogP contribution in [0.2, 0.25) is 0 Å². The maximum Gasteiger partial charge on any atom is 0.254 e. The molecule has 0 aliphatic heterocycles. The van der Waals surface area contributed by atoms with Crippen molar-refractivity contribution < 1.29 is 9.53 Å². The van der Waals surface area contributed by atoms with Crippen molar-refractivity contribution in [1.82, 2.24) is 9.88 Å². The summed E-state index contributed by atoms with van der Waals surface area (Å²) in [7, 11) is 1.76. The van der Waals surface area contributed by atoms with Gasteiger partial charge in [0.15, 0.2) is 0 Å². The maximum absolute atomic E-state index is 12.5. The summed E-state index contributed by atoms with van der Waals surface area (Å²) in [5.74, 6) is 0.512. The van der Waals surface area contributed by atoms with E-state index in [0.29, 0.717) is 30.2 Å². The lowest BCUT2D eigenvalue weighted by molar-refractivity contribution is 0.0784. The number of hydrogen-bond acceptors (Lipinski definition) is 4. The van der Waals surface area contributed by atoms with Crippen LogP contribution in [0.15, 0.2) is 42.7 Å². The van der Waals surface area contributed by atoms with E-state index in [1.165, 1.54) is 0 Å². The zero-order valence-electron chi connectivity index (χ0n) is 12.2. The second-order valence-electron chi connectivity index (χ2n) is 4.74. The summed E-state index contributed by atoms with van der Waals surface area (Å²) < 4.78 is 5.42. The van der Waals surface area contributed by atoms with E-state index in [4.69, 9.17) is 10.5 Å². The molecule has 0 aliphatic carbocycles. The molecule has 2 rings (SSSR count). The lowest BCUT2D eigenvalue weighted by Gasteiger charge is -2.18. The van der Waals surface area contributed by atoms with Gasteiger partial charge in [-0.1, -0.05) is 0 Å². The first kappa shape index (κ1) is 14.8. The summed E-state index contributed by atoms with van der Waals surface area (Å²) in [6.07, 6.45) is 3.42. The number of hydrogen-bond donors (Lipinski definition) is 1. The van der Waals surface area contributed by atoms with E-state index >= 15 is 0 Å². The Hall–Kier alpha value is -2.56. The zero-order chi connectivity index (χ0) is 15.2. The minimum atomic E-state index is -0.0972. The molecular formula is C16H19N3O2. The summed E-state index contributed by atoms with van der Waals surface area (Å²) in [5.41, 5.74) is 7.88. The first-order chi connectivity index (χ1) is 10.1. The number of nitrogens with zero attached hydrogens (tertiary/aromatic N) is 2. The Bertz CT molecular complexity index is 614. The Balaban J connectivity index is 2.15. The molecular weight excluding hydrogens is 266 g/mol. The van der Waals surface area contributed by atoms with Gasteiger partial charge in [0, 0.05) is 43.3 Å². The molecule has 2 aromatic rings. The fourth-order valence-corrected chi connectivity index (χ4v) is 2.05. The van der Waals surface area contributed by atoms with Crippen LogP contribution in [0.4, 0.5) is 5.69 Å². The second-order valence-corrected chi connectivity index (χ2v) is 4.74. The highest BCUT2D eigenvalue weighted by Crippen LogP contribution is 2.20. The molecule has 0 aliphatic rings. The maximum atomic E-state index is 12.5. The van der Waals surface area contributed by atoms with E-state index in [0.717, 1.165) is 5.56 Å². The van der Waals surface area contributed by atoms with Crippen molar-refractivity contribution in [3.05, 3.63) is 53.9 Å². The number of carbonyl (C=O) groups is 1. The van der Waals surface area contributed by atoms with Crippen LogP contribution in [0, 0.1) is 0 Å². The Morgan fingerprint density at radius 1 is 1.29 bits per heavy atom. The van der Waals surface area contributed by atoms with Gasteiger partial charge in [-0.3, -0.25) is 9.78 Å². The van der Waals surface area contributed by atoms with Crippen molar-refractivity contribution in [2.45, 2.75) is 13.5 Å². The second kappa shape index (κ2) is 6.74. The number of anilines is 1. The first-order valence-electron chi connectivity index (χ1n) is 6.78. The largest absolute Gasteiger partial charge is 0.494 e. The van der Waals surface area contributed by atoms with Crippen molar-refractivity contribution in [3.63, 3.8) is 0 Å². The minimum Gasteiger partial charge on any atom is -0.494 e. The van der Waals surface area contributed by atoms with Gasteiger partial charge in [-0.05, 0) is 36.8 Å². The van der Waals surface area contributed by atoms with Crippen molar-refractivity contribution in [2.75, 3.05) is 19.4 Å². The van der Waals surface area contributed by atoms with Gasteiger partial charge in [0.2, 0.25) is 0 Å². The summed E-state index contributed by atoms with van der Waals surface area (Å²) in [4.78, 5) is 18.1. The third-order valence-electron chi connectivity index (χ3n) is 3.00. The molecule has 0 saturated carbocycles. The number of rotatable bonds is 5. The number of pyridine rings is 1. The average molecular weight is 285 g/mol. The molecule has 5 nitrogen and oxygen atoms in total. The molecule has 21 heavy (non-hydrogen) atoms. The van der Waals surface area contributed by atoms with E-state index in [-0.39, 0.29) is 5.91 Å². The van der Waals surface area contributed by atoms with Gasteiger partial charge in [0.05, 0.1) is 6.61 Å². The van der Waals surface area contributed by atoms with E-state index < -0.39 is 0 Å². The fourth-order valence-electron chi connectivity index (χ4n) is 2.05. The Kier molecular flexibility index (Phi) is 4.77. The van der Waals surface area contributed by atoms with Crippen LogP contribution in [0.3, 0.4) is 0 Å². The molecule has 2 N–H and O–H groups in total. The van der Waals surface area contributed by atoms with Crippen LogP contribution in [0.5, 0.6) is 5.75 Å². The van der Waals surface area contributed by atoms with Crippen LogP contribution >= 0.6 is 0 Å². The van der Waals surface area contributed by atoms with Crippen LogP contribution in [-0.2, 0) is 6.54 Å². The van der Waals surface area contributed by atoms with Gasteiger partial charge in [-0.25, -0.2) is 0 Å². The van der Waals surface area contributed by atoms with Crippen LogP contribution in [-0.4, -0.2) is 29.4 Å². The van der Waals surface area contributed by atoms with Crippen LogP contribution in [0.1, 0.15) is 22.8 Å². The summed E-state index contributed by atoms with van der Waals surface area (Å²) >= 11 is 0. The minimum absolute atomic E-state index is 0.0972. The summed E-state index contributed by atoms with van der Waals surface area (Å²) in [6.45, 7) is 2.93. The molecule has 1 aromatic heterocycles. The van der Waals surface area contributed by atoms with Gasteiger partial charge in [-0.15, -0.1) is 0 Å². The van der Waals surface area contributed by atoms with E-state index in [9.17, 15) is 4.79 Å². The molecule has 0 saturated heterocycles. The van der Waals surface area contributed by atoms with E-state index in [1.807, 2.05) is 19.1 Å². The molecule has 0 radical (unpaired) electrons. The molecule has 5 heteroatoms. The third-order valence-corrected chi connectivity index (χ3v) is 3.00. The number of ether oxygens (including phenoxy) is 1. The average Bonchev–Trinajstić information content (AvgIpc) is 2.47. The molecule has 110 valence electrons. The zero-order valence-corrected chi connectivity index (χ0v) is 12.2. The standard InChI is InChI=1S/C16H19N3O2/c1-3-21-15-9-13(8-14(17)10-15)16(20)19(2)11-12-4-6-18-7-5-12/h4-10H,3,11,17H2,1-2H3. The highest BCUT2D eigenvalue weighted by Gasteiger charge is 2.14. The Morgan fingerprint density at radius 2 is 2.00 bits per heavy atom. The van der Waals surface area contributed by atoms with Crippen molar-refractivity contribution in [3.8, 4) is 5.75 Å². The molecule has 0 spiro atoms. The van der Waals surface area contributed by atoms with Gasteiger partial charge in [0.1, 0.15) is 5.75 Å². The number of aromatic nitrogens is 1.